The van der Waals surface area contributed by atoms with Crippen LogP contribution in [-0.4, -0.2) is 42.6 Å². The van der Waals surface area contributed by atoms with E-state index in [9.17, 15) is 0 Å². The van der Waals surface area contributed by atoms with Gasteiger partial charge in [0, 0.05) is 24.7 Å². The summed E-state index contributed by atoms with van der Waals surface area (Å²) in [5.41, 5.74) is 5.83. The van der Waals surface area contributed by atoms with Crippen molar-refractivity contribution in [1.29, 1.82) is 0 Å². The first-order chi connectivity index (χ1) is 8.06. The molecule has 0 saturated carbocycles. The van der Waals surface area contributed by atoms with Crippen LogP contribution < -0.4 is 11.1 Å². The van der Waals surface area contributed by atoms with Crippen molar-refractivity contribution in [2.24, 2.45) is 16.6 Å². The first kappa shape index (κ1) is 12.7. The Kier molecular flexibility index (Phi) is 3.92. The summed E-state index contributed by atoms with van der Waals surface area (Å²) in [5, 5.41) is 3.15. The third-order valence-corrected chi connectivity index (χ3v) is 4.15. The molecule has 0 amide bonds. The van der Waals surface area contributed by atoms with E-state index in [1.165, 1.54) is 25.7 Å². The van der Waals surface area contributed by atoms with E-state index in [1.807, 2.05) is 0 Å². The maximum absolute atomic E-state index is 5.83. The molecule has 0 radical (unpaired) electrons. The quantitative estimate of drug-likeness (QED) is 0.573. The van der Waals surface area contributed by atoms with E-state index in [4.69, 9.17) is 5.73 Å². The SMILES string of the molecule is CC(C)NC(N)=NCC1CC2CCC(C1)N2C. The summed E-state index contributed by atoms with van der Waals surface area (Å²) in [7, 11) is 2.27. The van der Waals surface area contributed by atoms with E-state index in [0.29, 0.717) is 12.0 Å². The third kappa shape index (κ3) is 3.12. The van der Waals surface area contributed by atoms with Crippen molar-refractivity contribution in [1.82, 2.24) is 10.2 Å². The van der Waals surface area contributed by atoms with Crippen molar-refractivity contribution in [3.8, 4) is 0 Å². The third-order valence-electron chi connectivity index (χ3n) is 4.15. The lowest BCUT2D eigenvalue weighted by Gasteiger charge is -2.35. The molecule has 3 N–H and O–H groups in total. The topological polar surface area (TPSA) is 53.6 Å². The molecule has 2 rings (SSSR count). The molecule has 2 bridgehead atoms. The molecule has 2 fully saturated rings. The van der Waals surface area contributed by atoms with E-state index in [2.05, 4.69) is 36.1 Å². The Morgan fingerprint density at radius 2 is 1.94 bits per heavy atom. The first-order valence-corrected chi connectivity index (χ1v) is 6.84. The van der Waals surface area contributed by atoms with Crippen LogP contribution in [0.4, 0.5) is 0 Å². The van der Waals surface area contributed by atoms with Crippen molar-refractivity contribution in [3.05, 3.63) is 0 Å². The van der Waals surface area contributed by atoms with Crippen LogP contribution in [0.25, 0.3) is 0 Å². The van der Waals surface area contributed by atoms with Gasteiger partial charge in [-0.15, -0.1) is 0 Å². The molecule has 0 aliphatic carbocycles. The number of rotatable bonds is 3. The minimum atomic E-state index is 0.368. The number of fused-ring (bicyclic) bond motifs is 2. The number of nitrogens with one attached hydrogen (secondary N) is 1. The lowest BCUT2D eigenvalue weighted by Crippen LogP contribution is -2.41. The van der Waals surface area contributed by atoms with E-state index >= 15 is 0 Å². The van der Waals surface area contributed by atoms with Crippen molar-refractivity contribution in [2.75, 3.05) is 13.6 Å². The average molecular weight is 238 g/mol. The van der Waals surface area contributed by atoms with Crippen molar-refractivity contribution < 1.29 is 0 Å². The van der Waals surface area contributed by atoms with Crippen LogP contribution in [0, 0.1) is 5.92 Å². The van der Waals surface area contributed by atoms with Gasteiger partial charge in [0.25, 0.3) is 0 Å². The van der Waals surface area contributed by atoms with Crippen LogP contribution in [-0.2, 0) is 0 Å². The largest absolute Gasteiger partial charge is 0.370 e. The van der Waals surface area contributed by atoms with E-state index in [-0.39, 0.29) is 0 Å². The number of piperidine rings is 1. The molecule has 2 heterocycles. The second-order valence-corrected chi connectivity index (χ2v) is 5.91. The van der Waals surface area contributed by atoms with Gasteiger partial charge >= 0.3 is 0 Å². The normalized spacial score (nSPS) is 34.4. The van der Waals surface area contributed by atoms with Crippen molar-refractivity contribution >= 4 is 5.96 Å². The zero-order valence-corrected chi connectivity index (χ0v) is 11.3. The Hall–Kier alpha value is -0.770. The minimum Gasteiger partial charge on any atom is -0.370 e. The maximum Gasteiger partial charge on any atom is 0.188 e. The fourth-order valence-electron chi connectivity index (χ4n) is 3.24. The Balaban J connectivity index is 1.81. The molecule has 2 aliphatic rings. The van der Waals surface area contributed by atoms with Crippen LogP contribution in [0.2, 0.25) is 0 Å². The molecular formula is C13H26N4. The van der Waals surface area contributed by atoms with Gasteiger partial charge in [0.05, 0.1) is 0 Å². The van der Waals surface area contributed by atoms with E-state index in [1.54, 1.807) is 0 Å². The second kappa shape index (κ2) is 5.25. The van der Waals surface area contributed by atoms with Gasteiger partial charge in [0.1, 0.15) is 0 Å². The lowest BCUT2D eigenvalue weighted by molar-refractivity contribution is 0.137. The number of hydrogen-bond donors (Lipinski definition) is 2. The predicted octanol–water partition coefficient (Wildman–Crippen LogP) is 1.17. The molecule has 0 spiro atoms. The molecule has 2 saturated heterocycles. The standard InChI is InChI=1S/C13H26N4/c1-9(2)16-13(14)15-8-10-6-11-4-5-12(7-10)17(11)3/h9-12H,4-8H2,1-3H3,(H3,14,15,16). The zero-order valence-electron chi connectivity index (χ0n) is 11.3. The second-order valence-electron chi connectivity index (χ2n) is 5.91. The molecular weight excluding hydrogens is 212 g/mol. The summed E-state index contributed by atoms with van der Waals surface area (Å²) in [4.78, 5) is 7.04. The molecule has 0 aromatic heterocycles. The highest BCUT2D eigenvalue weighted by atomic mass is 15.2. The fourth-order valence-corrected chi connectivity index (χ4v) is 3.24. The zero-order chi connectivity index (χ0) is 12.4. The number of hydrogen-bond acceptors (Lipinski definition) is 2. The fraction of sp³-hybridized carbons (Fsp3) is 0.923. The number of guanidine groups is 1. The Bertz CT molecular complexity index is 273. The highest BCUT2D eigenvalue weighted by Gasteiger charge is 2.38. The monoisotopic (exact) mass is 238 g/mol. The van der Waals surface area contributed by atoms with Crippen molar-refractivity contribution in [3.63, 3.8) is 0 Å². The number of aliphatic imine (C=N–C) groups is 1. The summed E-state index contributed by atoms with van der Waals surface area (Å²) in [6, 6.07) is 1.97. The molecule has 2 atom stereocenters. The molecule has 0 aromatic carbocycles. The van der Waals surface area contributed by atoms with E-state index in [0.717, 1.165) is 24.5 Å². The Labute approximate surface area is 105 Å². The molecule has 2 aliphatic heterocycles. The number of nitrogens with zero attached hydrogens (tertiary/aromatic N) is 2. The van der Waals surface area contributed by atoms with Crippen LogP contribution in [0.15, 0.2) is 4.99 Å². The van der Waals surface area contributed by atoms with Gasteiger partial charge in [-0.05, 0) is 52.5 Å². The average Bonchev–Trinajstić information content (AvgIpc) is 2.51. The van der Waals surface area contributed by atoms with E-state index < -0.39 is 0 Å². The molecule has 2 unspecified atom stereocenters. The summed E-state index contributed by atoms with van der Waals surface area (Å²) < 4.78 is 0. The van der Waals surface area contributed by atoms with Gasteiger partial charge in [-0.1, -0.05) is 0 Å². The van der Waals surface area contributed by atoms with Gasteiger partial charge in [-0.25, -0.2) is 0 Å². The molecule has 4 heteroatoms. The summed E-state index contributed by atoms with van der Waals surface area (Å²) >= 11 is 0. The molecule has 17 heavy (non-hydrogen) atoms. The summed E-state index contributed by atoms with van der Waals surface area (Å²) in [6.07, 6.45) is 5.35. The van der Waals surface area contributed by atoms with Gasteiger partial charge in [-0.3, -0.25) is 4.99 Å². The smallest absolute Gasteiger partial charge is 0.188 e. The van der Waals surface area contributed by atoms with Crippen LogP contribution in [0.3, 0.4) is 0 Å². The van der Waals surface area contributed by atoms with Gasteiger partial charge in [0.15, 0.2) is 5.96 Å². The van der Waals surface area contributed by atoms with Gasteiger partial charge in [0.2, 0.25) is 0 Å². The summed E-state index contributed by atoms with van der Waals surface area (Å²) in [6.45, 7) is 5.06. The van der Waals surface area contributed by atoms with Gasteiger partial charge in [-0.2, -0.15) is 0 Å². The summed E-state index contributed by atoms with van der Waals surface area (Å²) in [5.74, 6) is 1.34. The lowest BCUT2D eigenvalue weighted by atomic mass is 9.91. The predicted molar refractivity (Wildman–Crippen MR) is 72.1 cm³/mol. The molecule has 0 aromatic rings. The first-order valence-electron chi connectivity index (χ1n) is 6.84. The Morgan fingerprint density at radius 1 is 1.35 bits per heavy atom. The highest BCUT2D eigenvalue weighted by Crippen LogP contribution is 2.37. The van der Waals surface area contributed by atoms with Crippen molar-refractivity contribution in [2.45, 2.75) is 57.7 Å². The van der Waals surface area contributed by atoms with Gasteiger partial charge < -0.3 is 16.0 Å². The number of nitrogens with two attached hydrogens (primary N) is 1. The van der Waals surface area contributed by atoms with Crippen LogP contribution >= 0.6 is 0 Å². The van der Waals surface area contributed by atoms with Crippen LogP contribution in [0.1, 0.15) is 39.5 Å². The minimum absolute atomic E-state index is 0.368. The molecule has 98 valence electrons. The maximum atomic E-state index is 5.83. The van der Waals surface area contributed by atoms with Crippen LogP contribution in [0.5, 0.6) is 0 Å². The Morgan fingerprint density at radius 3 is 2.47 bits per heavy atom. The molecule has 4 nitrogen and oxygen atoms in total. The highest BCUT2D eigenvalue weighted by molar-refractivity contribution is 5.78.